The second-order valence-corrected chi connectivity index (χ2v) is 4.66. The molecule has 0 radical (unpaired) electrons. The van der Waals surface area contributed by atoms with Crippen LogP contribution in [-0.4, -0.2) is 41.0 Å². The Morgan fingerprint density at radius 2 is 2.14 bits per heavy atom. The summed E-state index contributed by atoms with van der Waals surface area (Å²) in [7, 11) is 1.61. The first kappa shape index (κ1) is 15.1. The number of nitrogens with zero attached hydrogens (tertiary/aromatic N) is 1. The number of aromatic nitrogens is 2. The topological polar surface area (TPSA) is 87.2 Å². The fraction of sp³-hybridized carbons (Fsp3) is 0.333. The molecule has 6 heteroatoms. The highest BCUT2D eigenvalue weighted by Gasteiger charge is 2.14. The standard InChI is InChI=1S/C15H19N3O3/c1-3-11(9-19)16-15(20)14-8-13(17-18-14)10-4-6-12(21-2)7-5-10/h4-8,11,19H,3,9H2,1-2H3,(H,16,20)(H,17,18). The van der Waals surface area contributed by atoms with Crippen LogP contribution in [0.1, 0.15) is 23.8 Å². The maximum absolute atomic E-state index is 12.0. The lowest BCUT2D eigenvalue weighted by Crippen LogP contribution is -2.37. The number of methoxy groups -OCH3 is 1. The molecule has 1 aromatic heterocycles. The molecule has 1 amide bonds. The molecule has 1 heterocycles. The van der Waals surface area contributed by atoms with Crippen molar-refractivity contribution in [2.45, 2.75) is 19.4 Å². The second-order valence-electron chi connectivity index (χ2n) is 4.66. The molecule has 1 aromatic carbocycles. The maximum Gasteiger partial charge on any atom is 0.269 e. The molecule has 0 saturated carbocycles. The lowest BCUT2D eigenvalue weighted by Gasteiger charge is -2.12. The molecule has 0 spiro atoms. The predicted octanol–water partition coefficient (Wildman–Crippen LogP) is 1.59. The molecule has 1 atom stereocenters. The molecule has 2 aromatic rings. The summed E-state index contributed by atoms with van der Waals surface area (Å²) in [6, 6.07) is 8.86. The number of ether oxygens (including phenoxy) is 1. The normalized spacial score (nSPS) is 12.0. The van der Waals surface area contributed by atoms with Gasteiger partial charge in [0.05, 0.1) is 25.5 Å². The molecule has 112 valence electrons. The zero-order chi connectivity index (χ0) is 15.2. The Morgan fingerprint density at radius 3 is 2.71 bits per heavy atom. The van der Waals surface area contributed by atoms with E-state index in [2.05, 4.69) is 15.5 Å². The third kappa shape index (κ3) is 3.61. The number of hydrogen-bond donors (Lipinski definition) is 3. The Kier molecular flexibility index (Phi) is 4.94. The van der Waals surface area contributed by atoms with Crippen molar-refractivity contribution in [1.82, 2.24) is 15.5 Å². The van der Waals surface area contributed by atoms with Gasteiger partial charge in [0.15, 0.2) is 0 Å². The van der Waals surface area contributed by atoms with Gasteiger partial charge in [0.2, 0.25) is 0 Å². The first-order chi connectivity index (χ1) is 10.2. The number of carbonyl (C=O) groups is 1. The van der Waals surface area contributed by atoms with Gasteiger partial charge in [-0.15, -0.1) is 0 Å². The number of aromatic amines is 1. The Balaban J connectivity index is 2.11. The van der Waals surface area contributed by atoms with Gasteiger partial charge in [-0.2, -0.15) is 5.10 Å². The lowest BCUT2D eigenvalue weighted by molar-refractivity contribution is 0.0910. The average Bonchev–Trinajstić information content (AvgIpc) is 3.02. The number of H-pyrrole nitrogens is 1. The van der Waals surface area contributed by atoms with Gasteiger partial charge in [-0.25, -0.2) is 0 Å². The summed E-state index contributed by atoms with van der Waals surface area (Å²) in [5, 5.41) is 18.7. The smallest absolute Gasteiger partial charge is 0.269 e. The van der Waals surface area contributed by atoms with Crippen LogP contribution in [0.25, 0.3) is 11.3 Å². The second kappa shape index (κ2) is 6.90. The van der Waals surface area contributed by atoms with E-state index in [0.717, 1.165) is 11.3 Å². The van der Waals surface area contributed by atoms with Gasteiger partial charge in [-0.05, 0) is 36.8 Å². The third-order valence-corrected chi connectivity index (χ3v) is 3.26. The Hall–Kier alpha value is -2.34. The van der Waals surface area contributed by atoms with Crippen molar-refractivity contribution < 1.29 is 14.6 Å². The molecule has 0 fully saturated rings. The Morgan fingerprint density at radius 1 is 1.43 bits per heavy atom. The summed E-state index contributed by atoms with van der Waals surface area (Å²) in [4.78, 5) is 12.0. The van der Waals surface area contributed by atoms with Crippen molar-refractivity contribution in [3.05, 3.63) is 36.0 Å². The number of nitrogens with one attached hydrogen (secondary N) is 2. The van der Waals surface area contributed by atoms with Gasteiger partial charge in [-0.1, -0.05) is 6.92 Å². The van der Waals surface area contributed by atoms with Crippen molar-refractivity contribution in [3.8, 4) is 17.0 Å². The van der Waals surface area contributed by atoms with E-state index >= 15 is 0 Å². The van der Waals surface area contributed by atoms with Crippen molar-refractivity contribution >= 4 is 5.91 Å². The van der Waals surface area contributed by atoms with Gasteiger partial charge >= 0.3 is 0 Å². The van der Waals surface area contributed by atoms with E-state index in [1.807, 2.05) is 31.2 Å². The van der Waals surface area contributed by atoms with E-state index in [0.29, 0.717) is 17.8 Å². The van der Waals surface area contributed by atoms with Crippen molar-refractivity contribution in [2.75, 3.05) is 13.7 Å². The fourth-order valence-corrected chi connectivity index (χ4v) is 1.89. The number of carbonyl (C=O) groups excluding carboxylic acids is 1. The number of aliphatic hydroxyl groups excluding tert-OH is 1. The molecule has 6 nitrogen and oxygen atoms in total. The van der Waals surface area contributed by atoms with E-state index in [1.165, 1.54) is 0 Å². The zero-order valence-corrected chi connectivity index (χ0v) is 12.1. The molecule has 0 aliphatic heterocycles. The van der Waals surface area contributed by atoms with Crippen LogP contribution in [-0.2, 0) is 0 Å². The number of benzene rings is 1. The Labute approximate surface area is 123 Å². The van der Waals surface area contributed by atoms with Crippen molar-refractivity contribution in [1.29, 1.82) is 0 Å². The highest BCUT2D eigenvalue weighted by molar-refractivity contribution is 5.93. The minimum absolute atomic E-state index is 0.0816. The van der Waals surface area contributed by atoms with Crippen LogP contribution in [0.15, 0.2) is 30.3 Å². The van der Waals surface area contributed by atoms with E-state index in [1.54, 1.807) is 13.2 Å². The molecule has 0 aliphatic rings. The first-order valence-corrected chi connectivity index (χ1v) is 6.79. The number of rotatable bonds is 6. The molecule has 0 aliphatic carbocycles. The minimum Gasteiger partial charge on any atom is -0.497 e. The van der Waals surface area contributed by atoms with Crippen molar-refractivity contribution in [3.63, 3.8) is 0 Å². The average molecular weight is 289 g/mol. The highest BCUT2D eigenvalue weighted by atomic mass is 16.5. The summed E-state index contributed by atoms with van der Waals surface area (Å²) >= 11 is 0. The summed E-state index contributed by atoms with van der Waals surface area (Å²) in [5.41, 5.74) is 1.94. The Bertz CT molecular complexity index is 588. The molecule has 21 heavy (non-hydrogen) atoms. The number of aliphatic hydroxyl groups is 1. The van der Waals surface area contributed by atoms with Crippen LogP contribution in [0.2, 0.25) is 0 Å². The molecule has 1 unspecified atom stereocenters. The van der Waals surface area contributed by atoms with Crippen LogP contribution in [0, 0.1) is 0 Å². The van der Waals surface area contributed by atoms with Crippen LogP contribution < -0.4 is 10.1 Å². The van der Waals surface area contributed by atoms with Crippen LogP contribution >= 0.6 is 0 Å². The molecule has 3 N–H and O–H groups in total. The monoisotopic (exact) mass is 289 g/mol. The van der Waals surface area contributed by atoms with Gasteiger partial charge in [-0.3, -0.25) is 9.89 Å². The predicted molar refractivity (Wildman–Crippen MR) is 79.2 cm³/mol. The summed E-state index contributed by atoms with van der Waals surface area (Å²) in [6.07, 6.45) is 0.668. The first-order valence-electron chi connectivity index (χ1n) is 6.79. The molecule has 0 saturated heterocycles. The van der Waals surface area contributed by atoms with Gasteiger partial charge < -0.3 is 15.2 Å². The van der Waals surface area contributed by atoms with E-state index < -0.39 is 0 Å². The number of hydrogen-bond acceptors (Lipinski definition) is 4. The van der Waals surface area contributed by atoms with Crippen LogP contribution in [0.5, 0.6) is 5.75 Å². The molecular formula is C15H19N3O3. The third-order valence-electron chi connectivity index (χ3n) is 3.26. The quantitative estimate of drug-likeness (QED) is 0.753. The van der Waals surface area contributed by atoms with Gasteiger partial charge in [0.25, 0.3) is 5.91 Å². The minimum atomic E-state index is -0.275. The van der Waals surface area contributed by atoms with Crippen molar-refractivity contribution in [2.24, 2.45) is 0 Å². The summed E-state index contributed by atoms with van der Waals surface area (Å²) in [6.45, 7) is 1.82. The lowest BCUT2D eigenvalue weighted by atomic mass is 10.1. The zero-order valence-electron chi connectivity index (χ0n) is 12.1. The SMILES string of the molecule is CCC(CO)NC(=O)c1cc(-c2ccc(OC)cc2)n[nH]1. The molecule has 2 rings (SSSR count). The van der Waals surface area contributed by atoms with Gasteiger partial charge in [0.1, 0.15) is 11.4 Å². The summed E-state index contributed by atoms with van der Waals surface area (Å²) in [5.74, 6) is 0.490. The number of amides is 1. The molecule has 0 bridgehead atoms. The van der Waals surface area contributed by atoms with Crippen LogP contribution in [0.3, 0.4) is 0 Å². The largest absolute Gasteiger partial charge is 0.497 e. The van der Waals surface area contributed by atoms with E-state index in [4.69, 9.17) is 9.84 Å². The summed E-state index contributed by atoms with van der Waals surface area (Å²) < 4.78 is 5.10. The molecular weight excluding hydrogens is 270 g/mol. The fourth-order valence-electron chi connectivity index (χ4n) is 1.89. The maximum atomic E-state index is 12.0. The highest BCUT2D eigenvalue weighted by Crippen LogP contribution is 2.21. The van der Waals surface area contributed by atoms with Gasteiger partial charge in [0, 0.05) is 5.56 Å². The van der Waals surface area contributed by atoms with E-state index in [9.17, 15) is 4.79 Å². The van der Waals surface area contributed by atoms with Crippen LogP contribution in [0.4, 0.5) is 0 Å². The van der Waals surface area contributed by atoms with E-state index in [-0.39, 0.29) is 18.6 Å².